The summed E-state index contributed by atoms with van der Waals surface area (Å²) in [5.41, 5.74) is 8.25. The fourth-order valence-electron chi connectivity index (χ4n) is 3.40. The third-order valence-electron chi connectivity index (χ3n) is 4.79. The van der Waals surface area contributed by atoms with E-state index in [-0.39, 0.29) is 5.91 Å². The summed E-state index contributed by atoms with van der Waals surface area (Å²) in [4.78, 5) is 16.8. The summed E-state index contributed by atoms with van der Waals surface area (Å²) in [6.07, 6.45) is 0.801. The molecule has 0 atom stereocenters. The number of nitrogens with zero attached hydrogens (tertiary/aromatic N) is 1. The first-order chi connectivity index (χ1) is 14.0. The number of amides is 1. The van der Waals surface area contributed by atoms with Gasteiger partial charge in [0.15, 0.2) is 11.5 Å². The molecule has 0 radical (unpaired) electrons. The third kappa shape index (κ3) is 5.35. The van der Waals surface area contributed by atoms with Crippen LogP contribution in [-0.4, -0.2) is 24.5 Å². The highest BCUT2D eigenvalue weighted by Gasteiger charge is 2.12. The number of carbonyl (C=O) groups excluding carboxylic acids is 1. The average molecular weight is 411 g/mol. The fourth-order valence-corrected chi connectivity index (χ4v) is 3.94. The van der Waals surface area contributed by atoms with Gasteiger partial charge in [0.25, 0.3) is 5.91 Å². The Hall–Kier alpha value is -2.86. The van der Waals surface area contributed by atoms with Crippen LogP contribution in [0, 0.1) is 20.8 Å². The topological polar surface area (TPSA) is 60.5 Å². The standard InChI is InChI=1S/C23H26N2O3S/c1-15-9-16(2)20(17(3)10-15)7-8-24-23(26)18-5-6-21(22(11-18)27-4)28-12-19-13-29-14-25-19/h5-6,9-11,13-14H,7-8,12H2,1-4H3,(H,24,26). The maximum absolute atomic E-state index is 12.6. The molecule has 1 N–H and O–H groups in total. The van der Waals surface area contributed by atoms with E-state index in [4.69, 9.17) is 9.47 Å². The molecular weight excluding hydrogens is 384 g/mol. The van der Waals surface area contributed by atoms with Crippen molar-refractivity contribution in [1.29, 1.82) is 0 Å². The molecule has 5 nitrogen and oxygen atoms in total. The molecule has 0 spiro atoms. The Morgan fingerprint density at radius 1 is 1.10 bits per heavy atom. The lowest BCUT2D eigenvalue weighted by Gasteiger charge is -2.13. The third-order valence-corrected chi connectivity index (χ3v) is 5.42. The van der Waals surface area contributed by atoms with Crippen LogP contribution in [-0.2, 0) is 13.0 Å². The lowest BCUT2D eigenvalue weighted by atomic mass is 9.97. The van der Waals surface area contributed by atoms with E-state index in [1.807, 2.05) is 5.38 Å². The minimum Gasteiger partial charge on any atom is -0.493 e. The van der Waals surface area contributed by atoms with Crippen LogP contribution in [0.25, 0.3) is 0 Å². The molecule has 0 saturated carbocycles. The van der Waals surface area contributed by atoms with E-state index in [2.05, 4.69) is 43.2 Å². The zero-order valence-electron chi connectivity index (χ0n) is 17.2. The van der Waals surface area contributed by atoms with E-state index in [1.54, 1.807) is 30.8 Å². The smallest absolute Gasteiger partial charge is 0.251 e. The molecule has 0 fully saturated rings. The van der Waals surface area contributed by atoms with Crippen molar-refractivity contribution in [2.45, 2.75) is 33.8 Å². The maximum atomic E-state index is 12.6. The van der Waals surface area contributed by atoms with Crippen molar-refractivity contribution in [2.24, 2.45) is 0 Å². The molecule has 0 bridgehead atoms. The first-order valence-electron chi connectivity index (χ1n) is 9.50. The summed E-state index contributed by atoms with van der Waals surface area (Å²) in [7, 11) is 1.57. The minimum atomic E-state index is -0.128. The van der Waals surface area contributed by atoms with Gasteiger partial charge in [0.05, 0.1) is 18.3 Å². The van der Waals surface area contributed by atoms with E-state index in [0.717, 1.165) is 12.1 Å². The maximum Gasteiger partial charge on any atom is 0.251 e. The second-order valence-corrected chi connectivity index (χ2v) is 7.74. The largest absolute Gasteiger partial charge is 0.493 e. The van der Waals surface area contributed by atoms with Crippen LogP contribution in [0.5, 0.6) is 11.5 Å². The van der Waals surface area contributed by atoms with Gasteiger partial charge in [-0.15, -0.1) is 11.3 Å². The number of carbonyl (C=O) groups is 1. The molecule has 3 aromatic rings. The SMILES string of the molecule is COc1cc(C(=O)NCCc2c(C)cc(C)cc2C)ccc1OCc1cscn1. The summed E-state index contributed by atoms with van der Waals surface area (Å²) in [5, 5.41) is 4.93. The van der Waals surface area contributed by atoms with Crippen molar-refractivity contribution in [1.82, 2.24) is 10.3 Å². The molecular formula is C23H26N2O3S. The summed E-state index contributed by atoms with van der Waals surface area (Å²) >= 11 is 1.52. The number of rotatable bonds is 8. The summed E-state index contributed by atoms with van der Waals surface area (Å²) < 4.78 is 11.2. The highest BCUT2D eigenvalue weighted by Crippen LogP contribution is 2.29. The van der Waals surface area contributed by atoms with Crippen LogP contribution in [0.4, 0.5) is 0 Å². The number of thiazole rings is 1. The van der Waals surface area contributed by atoms with E-state index in [0.29, 0.717) is 30.2 Å². The number of aromatic nitrogens is 1. The van der Waals surface area contributed by atoms with Crippen molar-refractivity contribution in [3.63, 3.8) is 0 Å². The minimum absolute atomic E-state index is 0.128. The molecule has 0 aliphatic rings. The number of hydrogen-bond donors (Lipinski definition) is 1. The molecule has 0 aliphatic heterocycles. The molecule has 1 heterocycles. The van der Waals surface area contributed by atoms with E-state index < -0.39 is 0 Å². The van der Waals surface area contributed by atoms with Crippen molar-refractivity contribution < 1.29 is 14.3 Å². The van der Waals surface area contributed by atoms with Crippen molar-refractivity contribution in [2.75, 3.05) is 13.7 Å². The van der Waals surface area contributed by atoms with E-state index in [1.165, 1.54) is 33.6 Å². The van der Waals surface area contributed by atoms with Crippen molar-refractivity contribution in [3.8, 4) is 11.5 Å². The molecule has 0 saturated heterocycles. The number of aryl methyl sites for hydroxylation is 3. The highest BCUT2D eigenvalue weighted by atomic mass is 32.1. The monoisotopic (exact) mass is 410 g/mol. The van der Waals surface area contributed by atoms with Gasteiger partial charge in [-0.2, -0.15) is 0 Å². The van der Waals surface area contributed by atoms with Gasteiger partial charge >= 0.3 is 0 Å². The Labute approximate surface area is 175 Å². The lowest BCUT2D eigenvalue weighted by Crippen LogP contribution is -2.26. The van der Waals surface area contributed by atoms with Gasteiger partial charge in [-0.05, 0) is 62.1 Å². The summed E-state index contributed by atoms with van der Waals surface area (Å²) in [6.45, 7) is 7.27. The van der Waals surface area contributed by atoms with Crippen LogP contribution < -0.4 is 14.8 Å². The van der Waals surface area contributed by atoms with Gasteiger partial charge in [0.2, 0.25) is 0 Å². The molecule has 0 aliphatic carbocycles. The number of ether oxygens (including phenoxy) is 2. The molecule has 1 amide bonds. The van der Waals surface area contributed by atoms with E-state index in [9.17, 15) is 4.79 Å². The van der Waals surface area contributed by atoms with Crippen LogP contribution in [0.3, 0.4) is 0 Å². The Morgan fingerprint density at radius 3 is 2.52 bits per heavy atom. The van der Waals surface area contributed by atoms with Crippen LogP contribution >= 0.6 is 11.3 Å². The molecule has 2 aromatic carbocycles. The first kappa shape index (κ1) is 20.9. The average Bonchev–Trinajstić information content (AvgIpc) is 3.21. The molecule has 29 heavy (non-hydrogen) atoms. The highest BCUT2D eigenvalue weighted by molar-refractivity contribution is 7.07. The molecule has 6 heteroatoms. The lowest BCUT2D eigenvalue weighted by molar-refractivity contribution is 0.0953. The van der Waals surface area contributed by atoms with E-state index >= 15 is 0 Å². The predicted molar refractivity (Wildman–Crippen MR) is 116 cm³/mol. The normalized spacial score (nSPS) is 10.6. The molecule has 0 unspecified atom stereocenters. The first-order valence-corrected chi connectivity index (χ1v) is 10.4. The zero-order valence-corrected chi connectivity index (χ0v) is 18.1. The van der Waals surface area contributed by atoms with Crippen molar-refractivity contribution >= 4 is 17.2 Å². The summed E-state index contributed by atoms with van der Waals surface area (Å²) in [6, 6.07) is 9.57. The predicted octanol–water partition coefficient (Wildman–Crippen LogP) is 4.63. The van der Waals surface area contributed by atoms with Gasteiger partial charge in [0, 0.05) is 17.5 Å². The van der Waals surface area contributed by atoms with Gasteiger partial charge in [-0.3, -0.25) is 4.79 Å². The fraction of sp³-hybridized carbons (Fsp3) is 0.304. The van der Waals surface area contributed by atoms with Gasteiger partial charge in [0.1, 0.15) is 6.61 Å². The quantitative estimate of drug-likeness (QED) is 0.588. The van der Waals surface area contributed by atoms with Crippen LogP contribution in [0.15, 0.2) is 41.2 Å². The summed E-state index contributed by atoms with van der Waals surface area (Å²) in [5.74, 6) is 0.984. The molecule has 152 valence electrons. The number of methoxy groups -OCH3 is 1. The van der Waals surface area contributed by atoms with Crippen molar-refractivity contribution in [3.05, 3.63) is 74.7 Å². The molecule has 1 aromatic heterocycles. The number of nitrogens with one attached hydrogen (secondary N) is 1. The number of benzene rings is 2. The van der Waals surface area contributed by atoms with Gasteiger partial charge in [-0.25, -0.2) is 4.98 Å². The Kier molecular flexibility index (Phi) is 6.88. The second-order valence-electron chi connectivity index (χ2n) is 7.02. The zero-order chi connectivity index (χ0) is 20.8. The Morgan fingerprint density at radius 2 is 1.86 bits per heavy atom. The number of hydrogen-bond acceptors (Lipinski definition) is 5. The Bertz CT molecular complexity index is 961. The molecule has 3 rings (SSSR count). The van der Waals surface area contributed by atoms with Gasteiger partial charge < -0.3 is 14.8 Å². The Balaban J connectivity index is 1.60. The van der Waals surface area contributed by atoms with Crippen LogP contribution in [0.1, 0.15) is 38.3 Å². The second kappa shape index (κ2) is 9.56. The van der Waals surface area contributed by atoms with Gasteiger partial charge in [-0.1, -0.05) is 17.7 Å². The van der Waals surface area contributed by atoms with Crippen LogP contribution in [0.2, 0.25) is 0 Å².